The number of nitro benzene ring substituents is 1. The van der Waals surface area contributed by atoms with Gasteiger partial charge in [-0.05, 0) is 19.1 Å². The van der Waals surface area contributed by atoms with Crippen molar-refractivity contribution in [2.45, 2.75) is 19.4 Å². The van der Waals surface area contributed by atoms with Crippen LogP contribution in [0.25, 0.3) is 0 Å². The van der Waals surface area contributed by atoms with Crippen molar-refractivity contribution in [2.75, 3.05) is 13.2 Å². The standard InChI is InChI=1S/C20H19N3O8/c1-2-29-19(25)17-13(21-20(26)22-18(17)15-8-5-9-30-15)11-31-16(24)10-12-6-3-4-7-14(12)23(27)28/h3-9,18H,2,10-11H2,1H3,(H2,21,22,26). The van der Waals surface area contributed by atoms with Crippen molar-refractivity contribution in [3.05, 3.63) is 75.4 Å². The normalized spacial score (nSPS) is 15.6. The van der Waals surface area contributed by atoms with E-state index in [2.05, 4.69) is 10.6 Å². The van der Waals surface area contributed by atoms with E-state index in [4.69, 9.17) is 13.9 Å². The number of hydrogen-bond acceptors (Lipinski definition) is 8. The molecule has 1 aromatic carbocycles. The van der Waals surface area contributed by atoms with E-state index < -0.39 is 35.5 Å². The number of urea groups is 1. The maximum absolute atomic E-state index is 12.5. The van der Waals surface area contributed by atoms with Gasteiger partial charge < -0.3 is 24.5 Å². The van der Waals surface area contributed by atoms with Crippen LogP contribution in [0.2, 0.25) is 0 Å². The highest BCUT2D eigenvalue weighted by Gasteiger charge is 2.35. The Morgan fingerprint density at radius 1 is 1.19 bits per heavy atom. The van der Waals surface area contributed by atoms with Crippen molar-refractivity contribution < 1.29 is 33.2 Å². The third-order valence-corrected chi connectivity index (χ3v) is 4.38. The van der Waals surface area contributed by atoms with E-state index in [9.17, 15) is 24.5 Å². The molecule has 0 bridgehead atoms. The fraction of sp³-hybridized carbons (Fsp3) is 0.250. The molecular weight excluding hydrogens is 410 g/mol. The number of nitrogens with one attached hydrogen (secondary N) is 2. The monoisotopic (exact) mass is 429 g/mol. The minimum absolute atomic E-state index is 0.0230. The molecule has 0 radical (unpaired) electrons. The van der Waals surface area contributed by atoms with Crippen LogP contribution in [-0.2, 0) is 25.5 Å². The maximum atomic E-state index is 12.5. The number of esters is 2. The average molecular weight is 429 g/mol. The van der Waals surface area contributed by atoms with Crippen LogP contribution < -0.4 is 10.6 Å². The minimum atomic E-state index is -0.938. The molecule has 162 valence electrons. The van der Waals surface area contributed by atoms with E-state index in [0.29, 0.717) is 5.76 Å². The number of carbonyl (C=O) groups is 3. The number of carbonyl (C=O) groups excluding carboxylic acids is 3. The second-order valence-electron chi connectivity index (χ2n) is 6.38. The van der Waals surface area contributed by atoms with Gasteiger partial charge >= 0.3 is 18.0 Å². The maximum Gasteiger partial charge on any atom is 0.338 e. The highest BCUT2D eigenvalue weighted by molar-refractivity contribution is 5.95. The van der Waals surface area contributed by atoms with Crippen LogP contribution >= 0.6 is 0 Å². The molecule has 3 rings (SSSR count). The minimum Gasteiger partial charge on any atom is -0.467 e. The van der Waals surface area contributed by atoms with E-state index in [-0.39, 0.29) is 35.5 Å². The summed E-state index contributed by atoms with van der Waals surface area (Å²) in [5.41, 5.74) is 0.0215. The Morgan fingerprint density at radius 2 is 1.97 bits per heavy atom. The van der Waals surface area contributed by atoms with Crippen molar-refractivity contribution in [1.29, 1.82) is 0 Å². The van der Waals surface area contributed by atoms with Gasteiger partial charge in [-0.2, -0.15) is 0 Å². The smallest absolute Gasteiger partial charge is 0.338 e. The predicted octanol–water partition coefficient (Wildman–Crippen LogP) is 2.14. The fourth-order valence-corrected chi connectivity index (χ4v) is 3.05. The third-order valence-electron chi connectivity index (χ3n) is 4.38. The van der Waals surface area contributed by atoms with Crippen LogP contribution in [0, 0.1) is 10.1 Å². The van der Waals surface area contributed by atoms with Crippen LogP contribution in [0.3, 0.4) is 0 Å². The lowest BCUT2D eigenvalue weighted by Crippen LogP contribution is -2.47. The third kappa shape index (κ3) is 5.07. The Balaban J connectivity index is 1.82. The Kier molecular flexibility index (Phi) is 6.65. The molecule has 11 nitrogen and oxygen atoms in total. The summed E-state index contributed by atoms with van der Waals surface area (Å²) < 4.78 is 15.6. The lowest BCUT2D eigenvalue weighted by Gasteiger charge is -2.27. The Hall–Kier alpha value is -4.15. The van der Waals surface area contributed by atoms with Crippen molar-refractivity contribution in [3.63, 3.8) is 0 Å². The molecule has 1 aromatic heterocycles. The summed E-state index contributed by atoms with van der Waals surface area (Å²) in [5.74, 6) is -1.20. The molecule has 0 fully saturated rings. The lowest BCUT2D eigenvalue weighted by molar-refractivity contribution is -0.385. The summed E-state index contributed by atoms with van der Waals surface area (Å²) in [4.78, 5) is 47.4. The first kappa shape index (κ1) is 21.6. The highest BCUT2D eigenvalue weighted by Crippen LogP contribution is 2.28. The summed E-state index contributed by atoms with van der Waals surface area (Å²) in [6.07, 6.45) is 1.03. The summed E-state index contributed by atoms with van der Waals surface area (Å²) >= 11 is 0. The molecule has 2 aromatic rings. The number of amides is 2. The average Bonchev–Trinajstić information content (AvgIpc) is 3.27. The van der Waals surface area contributed by atoms with Gasteiger partial charge in [-0.25, -0.2) is 9.59 Å². The largest absolute Gasteiger partial charge is 0.467 e. The van der Waals surface area contributed by atoms with E-state index >= 15 is 0 Å². The van der Waals surface area contributed by atoms with Crippen LogP contribution in [0.1, 0.15) is 24.3 Å². The fourth-order valence-electron chi connectivity index (χ4n) is 3.05. The van der Waals surface area contributed by atoms with Crippen LogP contribution in [0.15, 0.2) is 58.3 Å². The first-order valence-corrected chi connectivity index (χ1v) is 9.29. The molecule has 0 saturated carbocycles. The summed E-state index contributed by atoms with van der Waals surface area (Å²) in [6, 6.07) is 7.39. The molecule has 1 unspecified atom stereocenters. The van der Waals surface area contributed by atoms with Gasteiger partial charge in [-0.15, -0.1) is 0 Å². The van der Waals surface area contributed by atoms with Gasteiger partial charge in [0.25, 0.3) is 5.69 Å². The molecule has 2 amide bonds. The number of furan rings is 1. The first-order chi connectivity index (χ1) is 14.9. The molecule has 2 N–H and O–H groups in total. The molecule has 0 aliphatic carbocycles. The van der Waals surface area contributed by atoms with Gasteiger partial charge in [-0.1, -0.05) is 18.2 Å². The van der Waals surface area contributed by atoms with E-state index in [1.165, 1.54) is 24.5 Å². The van der Waals surface area contributed by atoms with E-state index in [1.807, 2.05) is 0 Å². The van der Waals surface area contributed by atoms with E-state index in [0.717, 1.165) is 0 Å². The zero-order valence-corrected chi connectivity index (χ0v) is 16.5. The molecule has 11 heteroatoms. The Bertz CT molecular complexity index is 1030. The first-order valence-electron chi connectivity index (χ1n) is 9.29. The SMILES string of the molecule is CCOC(=O)C1=C(COC(=O)Cc2ccccc2[N+](=O)[O-])NC(=O)NC1c1ccco1. The number of nitrogens with zero attached hydrogens (tertiary/aromatic N) is 1. The number of nitro groups is 1. The van der Waals surface area contributed by atoms with Crippen molar-refractivity contribution in [3.8, 4) is 0 Å². The number of ether oxygens (including phenoxy) is 2. The van der Waals surface area contributed by atoms with E-state index in [1.54, 1.807) is 25.1 Å². The molecule has 2 heterocycles. The molecule has 31 heavy (non-hydrogen) atoms. The zero-order chi connectivity index (χ0) is 22.4. The van der Waals surface area contributed by atoms with Crippen LogP contribution in [0.5, 0.6) is 0 Å². The van der Waals surface area contributed by atoms with Crippen LogP contribution in [-0.4, -0.2) is 36.1 Å². The Morgan fingerprint density at radius 3 is 2.65 bits per heavy atom. The lowest BCUT2D eigenvalue weighted by atomic mass is 10.0. The number of benzene rings is 1. The molecule has 0 saturated heterocycles. The zero-order valence-electron chi connectivity index (χ0n) is 16.5. The van der Waals surface area contributed by atoms with Gasteiger partial charge in [0.2, 0.25) is 0 Å². The van der Waals surface area contributed by atoms with Gasteiger partial charge in [-0.3, -0.25) is 14.9 Å². The van der Waals surface area contributed by atoms with Crippen molar-refractivity contribution in [2.24, 2.45) is 0 Å². The van der Waals surface area contributed by atoms with Crippen molar-refractivity contribution in [1.82, 2.24) is 10.6 Å². The summed E-state index contributed by atoms with van der Waals surface area (Å²) in [6.45, 7) is 1.27. The summed E-state index contributed by atoms with van der Waals surface area (Å²) in [5, 5.41) is 16.1. The van der Waals surface area contributed by atoms with Crippen LogP contribution in [0.4, 0.5) is 10.5 Å². The molecule has 0 spiro atoms. The summed E-state index contributed by atoms with van der Waals surface area (Å²) in [7, 11) is 0. The topological polar surface area (TPSA) is 150 Å². The highest BCUT2D eigenvalue weighted by atomic mass is 16.6. The molecule has 1 aliphatic rings. The Labute approximate surface area is 176 Å². The van der Waals surface area contributed by atoms with Crippen molar-refractivity contribution >= 4 is 23.7 Å². The molecular formula is C20H19N3O8. The second kappa shape index (κ2) is 9.57. The second-order valence-corrected chi connectivity index (χ2v) is 6.38. The number of hydrogen-bond donors (Lipinski definition) is 2. The van der Waals surface area contributed by atoms with Gasteiger partial charge in [0, 0.05) is 11.6 Å². The molecule has 1 aliphatic heterocycles. The number of para-hydroxylation sites is 1. The van der Waals surface area contributed by atoms with Gasteiger partial charge in [0.1, 0.15) is 18.4 Å². The predicted molar refractivity (Wildman–Crippen MR) is 105 cm³/mol. The van der Waals surface area contributed by atoms with Gasteiger partial charge in [0.15, 0.2) is 0 Å². The van der Waals surface area contributed by atoms with Gasteiger partial charge in [0.05, 0.1) is 35.5 Å². The quantitative estimate of drug-likeness (QED) is 0.368. The molecule has 1 atom stereocenters. The number of rotatable bonds is 8.